The fourth-order valence-corrected chi connectivity index (χ4v) is 1.98. The number of anilines is 1. The van der Waals surface area contributed by atoms with Crippen LogP contribution in [0.4, 0.5) is 11.4 Å². The fraction of sp³-hybridized carbons (Fsp3) is 0.333. The van der Waals surface area contributed by atoms with Crippen LogP contribution >= 0.6 is 11.8 Å². The first-order chi connectivity index (χ1) is 8.15. The zero-order chi connectivity index (χ0) is 12.7. The number of hydrogen-bond acceptors (Lipinski definition) is 4. The van der Waals surface area contributed by atoms with E-state index in [2.05, 4.69) is 11.9 Å². The van der Waals surface area contributed by atoms with Gasteiger partial charge in [0.05, 0.1) is 4.92 Å². The minimum atomic E-state index is -0.362. The van der Waals surface area contributed by atoms with Crippen molar-refractivity contribution in [3.8, 4) is 0 Å². The van der Waals surface area contributed by atoms with Gasteiger partial charge in [0.2, 0.25) is 0 Å². The summed E-state index contributed by atoms with van der Waals surface area (Å²) in [7, 11) is 0. The Morgan fingerprint density at radius 3 is 2.94 bits per heavy atom. The van der Waals surface area contributed by atoms with E-state index in [1.807, 2.05) is 6.08 Å². The SMILES string of the molecule is C=CCSCCNc1ccc([N+](=O)[O-])c(C)c1. The molecule has 0 spiro atoms. The van der Waals surface area contributed by atoms with E-state index in [1.165, 1.54) is 6.07 Å². The molecule has 0 bridgehead atoms. The summed E-state index contributed by atoms with van der Waals surface area (Å²) in [5, 5.41) is 13.9. The average molecular weight is 252 g/mol. The van der Waals surface area contributed by atoms with Gasteiger partial charge in [-0.2, -0.15) is 11.8 Å². The van der Waals surface area contributed by atoms with Crippen LogP contribution in [0.3, 0.4) is 0 Å². The summed E-state index contributed by atoms with van der Waals surface area (Å²) >= 11 is 1.80. The first-order valence-corrected chi connectivity index (χ1v) is 6.48. The van der Waals surface area contributed by atoms with Crippen molar-refractivity contribution in [2.45, 2.75) is 6.92 Å². The van der Waals surface area contributed by atoms with Crippen LogP contribution < -0.4 is 5.32 Å². The molecule has 0 fully saturated rings. The maximum atomic E-state index is 10.6. The van der Waals surface area contributed by atoms with Crippen molar-refractivity contribution in [2.24, 2.45) is 0 Å². The van der Waals surface area contributed by atoms with E-state index in [0.717, 1.165) is 23.7 Å². The average Bonchev–Trinajstić information content (AvgIpc) is 2.28. The Morgan fingerprint density at radius 1 is 1.59 bits per heavy atom. The number of nitrogens with zero attached hydrogens (tertiary/aromatic N) is 1. The number of nitro benzene ring substituents is 1. The van der Waals surface area contributed by atoms with E-state index in [4.69, 9.17) is 0 Å². The van der Waals surface area contributed by atoms with Crippen molar-refractivity contribution in [3.63, 3.8) is 0 Å². The summed E-state index contributed by atoms with van der Waals surface area (Å²) < 4.78 is 0. The quantitative estimate of drug-likeness (QED) is 0.350. The molecule has 0 aliphatic carbocycles. The Bertz CT molecular complexity index is 407. The third kappa shape index (κ3) is 4.48. The van der Waals surface area contributed by atoms with Gasteiger partial charge in [-0.1, -0.05) is 6.08 Å². The largest absolute Gasteiger partial charge is 0.384 e. The molecule has 0 aliphatic heterocycles. The maximum absolute atomic E-state index is 10.6. The first kappa shape index (κ1) is 13.6. The Morgan fingerprint density at radius 2 is 2.35 bits per heavy atom. The minimum absolute atomic E-state index is 0.164. The summed E-state index contributed by atoms with van der Waals surface area (Å²) in [6.07, 6.45) is 1.88. The molecule has 1 rings (SSSR count). The lowest BCUT2D eigenvalue weighted by Gasteiger charge is -2.06. The zero-order valence-corrected chi connectivity index (χ0v) is 10.6. The number of rotatable bonds is 7. The van der Waals surface area contributed by atoms with Gasteiger partial charge in [0, 0.05) is 35.4 Å². The number of nitrogens with one attached hydrogen (secondary N) is 1. The fourth-order valence-electron chi connectivity index (χ4n) is 1.40. The Labute approximate surface area is 105 Å². The highest BCUT2D eigenvalue weighted by molar-refractivity contribution is 7.99. The van der Waals surface area contributed by atoms with Crippen molar-refractivity contribution < 1.29 is 4.92 Å². The molecule has 17 heavy (non-hydrogen) atoms. The molecule has 0 amide bonds. The van der Waals surface area contributed by atoms with Crippen LogP contribution in [0.15, 0.2) is 30.9 Å². The number of nitro groups is 1. The first-order valence-electron chi connectivity index (χ1n) is 5.32. The molecule has 1 aromatic carbocycles. The van der Waals surface area contributed by atoms with Crippen LogP contribution in [0.1, 0.15) is 5.56 Å². The molecule has 0 atom stereocenters. The second-order valence-corrected chi connectivity index (χ2v) is 4.70. The highest BCUT2D eigenvalue weighted by Crippen LogP contribution is 2.21. The van der Waals surface area contributed by atoms with Crippen LogP contribution in [0.2, 0.25) is 0 Å². The van der Waals surface area contributed by atoms with Gasteiger partial charge in [0.1, 0.15) is 0 Å². The van der Waals surface area contributed by atoms with Crippen molar-refractivity contribution in [1.29, 1.82) is 0 Å². The Balaban J connectivity index is 2.47. The minimum Gasteiger partial charge on any atom is -0.384 e. The standard InChI is InChI=1S/C12H16N2O2S/c1-3-7-17-8-6-13-11-4-5-12(14(15)16)10(2)9-11/h3-5,9,13H,1,6-8H2,2H3. The molecule has 1 N–H and O–H groups in total. The van der Waals surface area contributed by atoms with Crippen molar-refractivity contribution in [2.75, 3.05) is 23.4 Å². The van der Waals surface area contributed by atoms with Gasteiger partial charge < -0.3 is 5.32 Å². The molecule has 0 radical (unpaired) electrons. The molecule has 0 heterocycles. The molecule has 0 aliphatic rings. The normalized spacial score (nSPS) is 9.94. The monoisotopic (exact) mass is 252 g/mol. The summed E-state index contributed by atoms with van der Waals surface area (Å²) in [5.41, 5.74) is 1.77. The number of aryl methyl sites for hydroxylation is 1. The zero-order valence-electron chi connectivity index (χ0n) is 9.81. The molecular weight excluding hydrogens is 236 g/mol. The predicted molar refractivity (Wildman–Crippen MR) is 73.8 cm³/mol. The topological polar surface area (TPSA) is 55.2 Å². The molecule has 0 aromatic heterocycles. The van der Waals surface area contributed by atoms with E-state index in [0.29, 0.717) is 5.56 Å². The van der Waals surface area contributed by atoms with Gasteiger partial charge in [-0.05, 0) is 19.1 Å². The van der Waals surface area contributed by atoms with Gasteiger partial charge in [0.15, 0.2) is 0 Å². The maximum Gasteiger partial charge on any atom is 0.272 e. The predicted octanol–water partition coefficient (Wildman–Crippen LogP) is 3.23. The highest BCUT2D eigenvalue weighted by atomic mass is 32.2. The summed E-state index contributed by atoms with van der Waals surface area (Å²) in [4.78, 5) is 10.3. The van der Waals surface area contributed by atoms with Crippen molar-refractivity contribution >= 4 is 23.1 Å². The van der Waals surface area contributed by atoms with E-state index >= 15 is 0 Å². The van der Waals surface area contributed by atoms with Crippen LogP contribution in [-0.4, -0.2) is 23.0 Å². The summed E-state index contributed by atoms with van der Waals surface area (Å²) in [6, 6.07) is 5.08. The molecule has 0 saturated carbocycles. The van der Waals surface area contributed by atoms with Crippen LogP contribution in [0.25, 0.3) is 0 Å². The third-order valence-corrected chi connectivity index (χ3v) is 3.17. The van der Waals surface area contributed by atoms with Crippen molar-refractivity contribution in [3.05, 3.63) is 46.5 Å². The molecular formula is C12H16N2O2S. The van der Waals surface area contributed by atoms with Crippen molar-refractivity contribution in [1.82, 2.24) is 0 Å². The van der Waals surface area contributed by atoms with Gasteiger partial charge in [-0.3, -0.25) is 10.1 Å². The van der Waals surface area contributed by atoms with Gasteiger partial charge in [0.25, 0.3) is 5.69 Å². The van der Waals surface area contributed by atoms with E-state index < -0.39 is 0 Å². The van der Waals surface area contributed by atoms with Crippen LogP contribution in [-0.2, 0) is 0 Å². The molecule has 4 nitrogen and oxygen atoms in total. The smallest absolute Gasteiger partial charge is 0.272 e. The second-order valence-electron chi connectivity index (χ2n) is 3.55. The Kier molecular flexibility index (Phi) is 5.56. The van der Waals surface area contributed by atoms with Gasteiger partial charge in [-0.15, -0.1) is 6.58 Å². The molecule has 92 valence electrons. The lowest BCUT2D eigenvalue weighted by Crippen LogP contribution is -2.04. The Hall–Kier alpha value is -1.49. The second kappa shape index (κ2) is 6.96. The lowest BCUT2D eigenvalue weighted by molar-refractivity contribution is -0.385. The molecule has 5 heteroatoms. The van der Waals surface area contributed by atoms with Gasteiger partial charge in [-0.25, -0.2) is 0 Å². The molecule has 1 aromatic rings. The summed E-state index contributed by atoms with van der Waals surface area (Å²) in [6.45, 7) is 6.24. The molecule has 0 saturated heterocycles. The lowest BCUT2D eigenvalue weighted by atomic mass is 10.2. The van der Waals surface area contributed by atoms with E-state index in [9.17, 15) is 10.1 Å². The molecule has 0 unspecified atom stereocenters. The number of thioether (sulfide) groups is 1. The third-order valence-electron chi connectivity index (χ3n) is 2.20. The van der Waals surface area contributed by atoms with E-state index in [-0.39, 0.29) is 10.6 Å². The van der Waals surface area contributed by atoms with E-state index in [1.54, 1.807) is 30.8 Å². The highest BCUT2D eigenvalue weighted by Gasteiger charge is 2.09. The van der Waals surface area contributed by atoms with Crippen LogP contribution in [0.5, 0.6) is 0 Å². The number of hydrogen-bond donors (Lipinski definition) is 1. The number of benzene rings is 1. The van der Waals surface area contributed by atoms with Gasteiger partial charge >= 0.3 is 0 Å². The summed E-state index contributed by atoms with van der Waals surface area (Å²) in [5.74, 6) is 1.93. The van der Waals surface area contributed by atoms with Crippen LogP contribution in [0, 0.1) is 17.0 Å².